The molecule has 1 rings (SSSR count). The third-order valence-corrected chi connectivity index (χ3v) is 3.36. The zero-order valence-electron chi connectivity index (χ0n) is 11.5. The minimum atomic E-state index is -0.920. The number of nitrogens with one attached hydrogen (secondary N) is 2. The number of carbonyl (C=O) groups excluding carboxylic acids is 1. The van der Waals surface area contributed by atoms with E-state index >= 15 is 0 Å². The van der Waals surface area contributed by atoms with Crippen LogP contribution in [0.4, 0.5) is 10.5 Å². The van der Waals surface area contributed by atoms with Gasteiger partial charge in [-0.2, -0.15) is 11.8 Å². The fraction of sp³-hybridized carbons (Fsp3) is 0.429. The maximum atomic E-state index is 11.7. The van der Waals surface area contributed by atoms with E-state index in [0.717, 1.165) is 18.6 Å². The number of thioether (sulfide) groups is 1. The summed E-state index contributed by atoms with van der Waals surface area (Å²) in [7, 11) is 0. The van der Waals surface area contributed by atoms with Crippen LogP contribution in [0.1, 0.15) is 18.4 Å². The van der Waals surface area contributed by atoms with Gasteiger partial charge in [-0.05, 0) is 36.5 Å². The van der Waals surface area contributed by atoms with E-state index in [0.29, 0.717) is 17.8 Å². The van der Waals surface area contributed by atoms with Gasteiger partial charge in [-0.15, -0.1) is 0 Å². The monoisotopic (exact) mass is 296 g/mol. The molecule has 1 aromatic carbocycles. The third kappa shape index (κ3) is 6.47. The van der Waals surface area contributed by atoms with Crippen molar-refractivity contribution in [2.45, 2.75) is 19.3 Å². The van der Waals surface area contributed by atoms with Crippen LogP contribution in [-0.4, -0.2) is 35.7 Å². The third-order valence-electron chi connectivity index (χ3n) is 2.67. The highest BCUT2D eigenvalue weighted by Crippen LogP contribution is 2.15. The Morgan fingerprint density at radius 3 is 2.70 bits per heavy atom. The predicted octanol–water partition coefficient (Wildman–Crippen LogP) is 2.58. The summed E-state index contributed by atoms with van der Waals surface area (Å²) in [5.74, 6) is 0.168. The molecule has 0 spiro atoms. The van der Waals surface area contributed by atoms with Crippen LogP contribution in [-0.2, 0) is 11.2 Å². The zero-order valence-corrected chi connectivity index (χ0v) is 12.3. The molecule has 5 nitrogen and oxygen atoms in total. The van der Waals surface area contributed by atoms with Crippen LogP contribution in [0.25, 0.3) is 0 Å². The summed E-state index contributed by atoms with van der Waals surface area (Å²) < 4.78 is 0. The Kier molecular flexibility index (Phi) is 7.57. The van der Waals surface area contributed by atoms with Crippen molar-refractivity contribution in [3.05, 3.63) is 29.8 Å². The summed E-state index contributed by atoms with van der Waals surface area (Å²) in [4.78, 5) is 22.5. The first-order valence-electron chi connectivity index (χ1n) is 6.47. The number of carboxylic acid groups (broad SMARTS) is 1. The second-order valence-electron chi connectivity index (χ2n) is 4.31. The number of aliphatic carboxylic acids is 1. The van der Waals surface area contributed by atoms with E-state index < -0.39 is 5.97 Å². The van der Waals surface area contributed by atoms with Gasteiger partial charge in [0.1, 0.15) is 0 Å². The largest absolute Gasteiger partial charge is 0.481 e. The molecule has 0 unspecified atom stereocenters. The summed E-state index contributed by atoms with van der Waals surface area (Å²) in [6, 6.07) is 6.61. The maximum Gasteiger partial charge on any atom is 0.319 e. The molecule has 0 bridgehead atoms. The van der Waals surface area contributed by atoms with Crippen molar-refractivity contribution in [3.63, 3.8) is 0 Å². The van der Waals surface area contributed by atoms with E-state index in [4.69, 9.17) is 5.11 Å². The van der Waals surface area contributed by atoms with Gasteiger partial charge in [-0.25, -0.2) is 4.79 Å². The summed E-state index contributed by atoms with van der Waals surface area (Å²) in [5.41, 5.74) is 1.13. The van der Waals surface area contributed by atoms with Gasteiger partial charge in [0.2, 0.25) is 0 Å². The lowest BCUT2D eigenvalue weighted by atomic mass is 10.1. The summed E-state index contributed by atoms with van der Waals surface area (Å²) in [6.45, 7) is 0.619. The van der Waals surface area contributed by atoms with E-state index in [1.54, 1.807) is 36.0 Å². The molecule has 1 aromatic rings. The fourth-order valence-electron chi connectivity index (χ4n) is 1.70. The second kappa shape index (κ2) is 9.25. The number of para-hydroxylation sites is 1. The van der Waals surface area contributed by atoms with Crippen LogP contribution in [0.5, 0.6) is 0 Å². The Bertz CT molecular complexity index is 452. The van der Waals surface area contributed by atoms with Crippen molar-refractivity contribution in [1.82, 2.24) is 5.32 Å². The molecule has 3 N–H and O–H groups in total. The first kappa shape index (κ1) is 16.4. The van der Waals surface area contributed by atoms with Gasteiger partial charge in [0.15, 0.2) is 0 Å². The van der Waals surface area contributed by atoms with E-state index in [9.17, 15) is 9.59 Å². The second-order valence-corrected chi connectivity index (χ2v) is 5.29. The normalized spacial score (nSPS) is 10.1. The number of amides is 2. The maximum absolute atomic E-state index is 11.7. The van der Waals surface area contributed by atoms with E-state index in [1.165, 1.54) is 0 Å². The fourth-order valence-corrected chi connectivity index (χ4v) is 2.19. The molecular weight excluding hydrogens is 276 g/mol. The Labute approximate surface area is 123 Å². The Morgan fingerprint density at radius 1 is 1.25 bits per heavy atom. The highest BCUT2D eigenvalue weighted by molar-refractivity contribution is 7.98. The van der Waals surface area contributed by atoms with Crippen molar-refractivity contribution in [3.8, 4) is 0 Å². The summed E-state index contributed by atoms with van der Waals surface area (Å²) in [6.07, 6.45) is 3.95. The van der Waals surface area contributed by atoms with Gasteiger partial charge in [0.05, 0.1) is 6.42 Å². The van der Waals surface area contributed by atoms with Gasteiger partial charge < -0.3 is 15.7 Å². The van der Waals surface area contributed by atoms with E-state index in [1.807, 2.05) is 0 Å². The van der Waals surface area contributed by atoms with Crippen LogP contribution >= 0.6 is 11.8 Å². The van der Waals surface area contributed by atoms with Gasteiger partial charge >= 0.3 is 12.0 Å². The highest BCUT2D eigenvalue weighted by Gasteiger charge is 2.08. The molecule has 0 aliphatic rings. The minimum absolute atomic E-state index is 0.107. The van der Waals surface area contributed by atoms with Crippen LogP contribution in [0.15, 0.2) is 24.3 Å². The molecule has 110 valence electrons. The first-order valence-corrected chi connectivity index (χ1v) is 7.86. The van der Waals surface area contributed by atoms with Crippen LogP contribution in [0.2, 0.25) is 0 Å². The van der Waals surface area contributed by atoms with E-state index in [2.05, 4.69) is 16.9 Å². The summed E-state index contributed by atoms with van der Waals surface area (Å²) in [5, 5.41) is 14.3. The van der Waals surface area contributed by atoms with Crippen LogP contribution in [0, 0.1) is 0 Å². The lowest BCUT2D eigenvalue weighted by Crippen LogP contribution is -2.30. The number of hydrogen-bond acceptors (Lipinski definition) is 3. The SMILES string of the molecule is CSCCCCNC(=O)Nc1ccccc1CC(=O)O. The van der Waals surface area contributed by atoms with Crippen LogP contribution in [0.3, 0.4) is 0 Å². The van der Waals surface area contributed by atoms with Gasteiger partial charge in [0.25, 0.3) is 0 Å². The number of urea groups is 1. The van der Waals surface area contributed by atoms with Crippen LogP contribution < -0.4 is 10.6 Å². The molecule has 0 saturated carbocycles. The average molecular weight is 296 g/mol. The van der Waals surface area contributed by atoms with Crippen molar-refractivity contribution in [2.75, 3.05) is 23.9 Å². The van der Waals surface area contributed by atoms with Crippen molar-refractivity contribution in [2.24, 2.45) is 0 Å². The number of rotatable bonds is 8. The highest BCUT2D eigenvalue weighted by atomic mass is 32.2. The molecule has 2 amide bonds. The quantitative estimate of drug-likeness (QED) is 0.644. The number of hydrogen-bond donors (Lipinski definition) is 3. The summed E-state index contributed by atoms with van der Waals surface area (Å²) >= 11 is 1.79. The van der Waals surface area contributed by atoms with Crippen molar-refractivity contribution in [1.29, 1.82) is 0 Å². The molecule has 0 aromatic heterocycles. The van der Waals surface area contributed by atoms with Gasteiger partial charge in [0, 0.05) is 12.2 Å². The number of benzene rings is 1. The molecule has 0 radical (unpaired) electrons. The van der Waals surface area contributed by atoms with Crippen molar-refractivity contribution >= 4 is 29.4 Å². The van der Waals surface area contributed by atoms with Gasteiger partial charge in [-0.1, -0.05) is 18.2 Å². The molecular formula is C14H20N2O3S. The molecule has 0 aliphatic heterocycles. The molecule has 0 atom stereocenters. The zero-order chi connectivity index (χ0) is 14.8. The molecule has 0 aliphatic carbocycles. The molecule has 0 fully saturated rings. The van der Waals surface area contributed by atoms with Crippen molar-refractivity contribution < 1.29 is 14.7 Å². The van der Waals surface area contributed by atoms with E-state index in [-0.39, 0.29) is 12.5 Å². The Balaban J connectivity index is 2.43. The molecule has 6 heteroatoms. The average Bonchev–Trinajstić information content (AvgIpc) is 2.40. The smallest absolute Gasteiger partial charge is 0.319 e. The molecule has 20 heavy (non-hydrogen) atoms. The minimum Gasteiger partial charge on any atom is -0.481 e. The number of anilines is 1. The number of unbranched alkanes of at least 4 members (excludes halogenated alkanes) is 1. The lowest BCUT2D eigenvalue weighted by molar-refractivity contribution is -0.136. The molecule has 0 saturated heterocycles. The Hall–Kier alpha value is -1.69. The first-order chi connectivity index (χ1) is 9.63. The Morgan fingerprint density at radius 2 is 2.00 bits per heavy atom. The number of carboxylic acids is 1. The lowest BCUT2D eigenvalue weighted by Gasteiger charge is -2.10. The standard InChI is InChI=1S/C14H20N2O3S/c1-20-9-5-4-8-15-14(19)16-12-7-3-2-6-11(12)10-13(17)18/h2-3,6-7H,4-5,8-10H2,1H3,(H,17,18)(H2,15,16,19). The number of carbonyl (C=O) groups is 2. The predicted molar refractivity (Wildman–Crippen MR) is 82.4 cm³/mol. The molecule has 0 heterocycles. The topological polar surface area (TPSA) is 78.4 Å². The van der Waals surface area contributed by atoms with Gasteiger partial charge in [-0.3, -0.25) is 4.79 Å².